The quantitative estimate of drug-likeness (QED) is 0.410. The predicted molar refractivity (Wildman–Crippen MR) is 105 cm³/mol. The van der Waals surface area contributed by atoms with Crippen LogP contribution in [0.2, 0.25) is 5.02 Å². The summed E-state index contributed by atoms with van der Waals surface area (Å²) in [6.45, 7) is 7.20. The topological polar surface area (TPSA) is 98.5 Å². The van der Waals surface area contributed by atoms with Gasteiger partial charge in [-0.2, -0.15) is 0 Å². The molecule has 2 rings (SSSR count). The number of nitrogens with one attached hydrogen (secondary N) is 1. The highest BCUT2D eigenvalue weighted by molar-refractivity contribution is 7.16. The number of anilines is 1. The molecular weight excluding hydrogens is 392 g/mol. The van der Waals surface area contributed by atoms with Crippen LogP contribution in [0.25, 0.3) is 0 Å². The zero-order valence-corrected chi connectivity index (χ0v) is 16.9. The van der Waals surface area contributed by atoms with Crippen molar-refractivity contribution in [2.45, 2.75) is 40.2 Å². The summed E-state index contributed by atoms with van der Waals surface area (Å²) in [5, 5.41) is 14.3. The van der Waals surface area contributed by atoms with E-state index in [1.54, 1.807) is 13.8 Å². The molecule has 1 aromatic heterocycles. The van der Waals surface area contributed by atoms with Gasteiger partial charge in [0.15, 0.2) is 0 Å². The van der Waals surface area contributed by atoms with Gasteiger partial charge in [0.25, 0.3) is 11.6 Å². The Balaban J connectivity index is 2.46. The van der Waals surface area contributed by atoms with Crippen LogP contribution in [0.4, 0.5) is 10.7 Å². The maximum Gasteiger partial charge on any atom is 0.341 e. The molecule has 0 spiro atoms. The average Bonchev–Trinajstić information content (AvgIpc) is 2.88. The number of halogens is 1. The molecule has 2 aromatic rings. The molecule has 144 valence electrons. The molecule has 0 atom stereocenters. The molecule has 1 N–H and O–H groups in total. The van der Waals surface area contributed by atoms with E-state index in [0.717, 1.165) is 10.4 Å². The Bertz CT molecular complexity index is 907. The van der Waals surface area contributed by atoms with Crippen LogP contribution < -0.4 is 5.32 Å². The van der Waals surface area contributed by atoms with Gasteiger partial charge in [-0.05, 0) is 44.9 Å². The van der Waals surface area contributed by atoms with Crippen molar-refractivity contribution >= 4 is 45.5 Å². The molecule has 7 nitrogen and oxygen atoms in total. The number of hydrogen-bond donors (Lipinski definition) is 1. The number of nitrogens with zero attached hydrogens (tertiary/aromatic N) is 1. The number of carbonyl (C=O) groups excluding carboxylic acids is 2. The van der Waals surface area contributed by atoms with Gasteiger partial charge < -0.3 is 10.1 Å². The van der Waals surface area contributed by atoms with Crippen LogP contribution in [0.15, 0.2) is 18.2 Å². The number of rotatable bonds is 6. The first-order valence-corrected chi connectivity index (χ1v) is 9.43. The second-order valence-corrected chi connectivity index (χ2v) is 7.68. The van der Waals surface area contributed by atoms with Gasteiger partial charge in [0.1, 0.15) is 10.6 Å². The molecule has 0 saturated carbocycles. The second kappa shape index (κ2) is 8.49. The van der Waals surface area contributed by atoms with E-state index in [1.165, 1.54) is 29.5 Å². The van der Waals surface area contributed by atoms with Crippen LogP contribution in [0.1, 0.15) is 51.9 Å². The van der Waals surface area contributed by atoms with Gasteiger partial charge in [-0.15, -0.1) is 11.3 Å². The highest BCUT2D eigenvalue weighted by Crippen LogP contribution is 2.35. The summed E-state index contributed by atoms with van der Waals surface area (Å²) in [6, 6.07) is 3.73. The van der Waals surface area contributed by atoms with Crippen molar-refractivity contribution in [2.24, 2.45) is 0 Å². The SMILES string of the molecule is CCc1c(C)sc(NC(=O)c2cc(Cl)ccc2[N+](=O)[O-])c1C(=O)OC(C)C. The Kier molecular flexibility index (Phi) is 6.56. The molecule has 0 aliphatic rings. The minimum Gasteiger partial charge on any atom is -0.459 e. The molecule has 1 amide bonds. The van der Waals surface area contributed by atoms with Crippen molar-refractivity contribution in [1.82, 2.24) is 0 Å². The third kappa shape index (κ3) is 4.64. The Morgan fingerprint density at radius 1 is 1.37 bits per heavy atom. The van der Waals surface area contributed by atoms with Crippen molar-refractivity contribution in [2.75, 3.05) is 5.32 Å². The number of thiophene rings is 1. The number of esters is 1. The Morgan fingerprint density at radius 3 is 2.59 bits per heavy atom. The molecule has 0 radical (unpaired) electrons. The van der Waals surface area contributed by atoms with Crippen molar-refractivity contribution in [1.29, 1.82) is 0 Å². The fraction of sp³-hybridized carbons (Fsp3) is 0.333. The van der Waals surface area contributed by atoms with Crippen LogP contribution in [0.5, 0.6) is 0 Å². The minimum absolute atomic E-state index is 0.181. The molecule has 0 saturated heterocycles. The third-order valence-corrected chi connectivity index (χ3v) is 5.03. The van der Waals surface area contributed by atoms with Crippen LogP contribution >= 0.6 is 22.9 Å². The normalized spacial score (nSPS) is 10.7. The van der Waals surface area contributed by atoms with Crippen molar-refractivity contribution in [3.8, 4) is 0 Å². The number of nitro groups is 1. The molecular formula is C18H19ClN2O5S. The summed E-state index contributed by atoms with van der Waals surface area (Å²) in [6.07, 6.45) is 0.262. The van der Waals surface area contributed by atoms with Crippen molar-refractivity contribution in [3.05, 3.63) is 54.9 Å². The lowest BCUT2D eigenvalue weighted by Gasteiger charge is -2.11. The summed E-state index contributed by atoms with van der Waals surface area (Å²) in [5.74, 6) is -1.26. The summed E-state index contributed by atoms with van der Waals surface area (Å²) in [7, 11) is 0. The van der Waals surface area contributed by atoms with E-state index >= 15 is 0 Å². The number of carbonyl (C=O) groups is 2. The molecule has 0 aliphatic carbocycles. The first kappa shape index (κ1) is 20.9. The van der Waals surface area contributed by atoms with Gasteiger partial charge in [-0.1, -0.05) is 18.5 Å². The van der Waals surface area contributed by atoms with Gasteiger partial charge in [-0.3, -0.25) is 14.9 Å². The van der Waals surface area contributed by atoms with E-state index in [-0.39, 0.29) is 27.9 Å². The number of benzene rings is 1. The summed E-state index contributed by atoms with van der Waals surface area (Å²) < 4.78 is 5.29. The van der Waals surface area contributed by atoms with E-state index in [4.69, 9.17) is 16.3 Å². The number of hydrogen-bond acceptors (Lipinski definition) is 6. The van der Waals surface area contributed by atoms with E-state index in [2.05, 4.69) is 5.32 Å². The molecule has 0 fully saturated rings. The van der Waals surface area contributed by atoms with Gasteiger partial charge in [0.2, 0.25) is 0 Å². The fourth-order valence-electron chi connectivity index (χ4n) is 2.60. The molecule has 0 bridgehead atoms. The lowest BCUT2D eigenvalue weighted by Crippen LogP contribution is -2.18. The Hall–Kier alpha value is -2.45. The first-order chi connectivity index (χ1) is 12.6. The Morgan fingerprint density at radius 2 is 2.04 bits per heavy atom. The summed E-state index contributed by atoms with van der Waals surface area (Å²) in [4.78, 5) is 36.6. The van der Waals surface area contributed by atoms with Crippen LogP contribution in [-0.4, -0.2) is 22.9 Å². The van der Waals surface area contributed by atoms with Gasteiger partial charge in [0, 0.05) is 16.0 Å². The van der Waals surface area contributed by atoms with Crippen LogP contribution in [0, 0.1) is 17.0 Å². The molecule has 27 heavy (non-hydrogen) atoms. The summed E-state index contributed by atoms with van der Waals surface area (Å²) in [5.41, 5.74) is 0.514. The zero-order valence-electron chi connectivity index (χ0n) is 15.3. The molecule has 1 aromatic carbocycles. The van der Waals surface area contributed by atoms with Crippen LogP contribution in [0.3, 0.4) is 0 Å². The van der Waals surface area contributed by atoms with Gasteiger partial charge in [0.05, 0.1) is 16.6 Å². The number of ether oxygens (including phenoxy) is 1. The monoisotopic (exact) mass is 410 g/mol. The molecule has 0 unspecified atom stereocenters. The van der Waals surface area contributed by atoms with E-state index in [0.29, 0.717) is 11.4 Å². The highest BCUT2D eigenvalue weighted by atomic mass is 35.5. The maximum atomic E-state index is 12.7. The lowest BCUT2D eigenvalue weighted by molar-refractivity contribution is -0.385. The molecule has 1 heterocycles. The Labute approximate surface area is 165 Å². The van der Waals surface area contributed by atoms with Gasteiger partial charge >= 0.3 is 5.97 Å². The second-order valence-electron chi connectivity index (χ2n) is 6.02. The highest BCUT2D eigenvalue weighted by Gasteiger charge is 2.27. The average molecular weight is 411 g/mol. The zero-order chi connectivity index (χ0) is 20.3. The predicted octanol–water partition coefficient (Wildman–Crippen LogP) is 5.00. The van der Waals surface area contributed by atoms with Crippen LogP contribution in [-0.2, 0) is 11.2 Å². The first-order valence-electron chi connectivity index (χ1n) is 8.24. The number of aryl methyl sites for hydroxylation is 1. The largest absolute Gasteiger partial charge is 0.459 e. The fourth-order valence-corrected chi connectivity index (χ4v) is 3.90. The number of nitro benzene ring substituents is 1. The van der Waals surface area contributed by atoms with E-state index < -0.39 is 16.8 Å². The van der Waals surface area contributed by atoms with Crippen molar-refractivity contribution in [3.63, 3.8) is 0 Å². The molecule has 9 heteroatoms. The minimum atomic E-state index is -0.716. The lowest BCUT2D eigenvalue weighted by atomic mass is 10.1. The molecule has 0 aliphatic heterocycles. The van der Waals surface area contributed by atoms with Crippen molar-refractivity contribution < 1.29 is 19.2 Å². The number of amides is 1. The maximum absolute atomic E-state index is 12.7. The van der Waals surface area contributed by atoms with E-state index in [1.807, 2.05) is 13.8 Å². The standard InChI is InChI=1S/C18H19ClN2O5S/c1-5-12-10(4)27-17(15(12)18(23)26-9(2)3)20-16(22)13-8-11(19)6-7-14(13)21(24)25/h6-9H,5H2,1-4H3,(H,20,22). The summed E-state index contributed by atoms with van der Waals surface area (Å²) >= 11 is 7.11. The smallest absolute Gasteiger partial charge is 0.341 e. The van der Waals surface area contributed by atoms with Gasteiger partial charge in [-0.25, -0.2) is 4.79 Å². The third-order valence-electron chi connectivity index (χ3n) is 3.74. The van der Waals surface area contributed by atoms with E-state index in [9.17, 15) is 19.7 Å².